The lowest BCUT2D eigenvalue weighted by atomic mass is 10.1. The third-order valence-corrected chi connectivity index (χ3v) is 2.71. The van der Waals surface area contributed by atoms with Gasteiger partial charge in [-0.25, -0.2) is 0 Å². The first kappa shape index (κ1) is 9.90. The van der Waals surface area contributed by atoms with Gasteiger partial charge in [0.05, 0.1) is 5.69 Å². The van der Waals surface area contributed by atoms with Gasteiger partial charge in [0.2, 0.25) is 0 Å². The van der Waals surface area contributed by atoms with Gasteiger partial charge in [0.25, 0.3) is 0 Å². The molecule has 3 rings (SSSR count). The van der Waals surface area contributed by atoms with E-state index in [1.807, 2.05) is 43.7 Å². The SMILES string of the molecule is Cc1cc(-c2cc3ccncc3cn2)ccn1. The van der Waals surface area contributed by atoms with Crippen LogP contribution >= 0.6 is 0 Å². The summed E-state index contributed by atoms with van der Waals surface area (Å²) in [6.07, 6.45) is 7.28. The Balaban J connectivity index is 2.18. The van der Waals surface area contributed by atoms with Gasteiger partial charge in [-0.05, 0) is 36.6 Å². The molecule has 0 radical (unpaired) electrons. The first-order valence-corrected chi connectivity index (χ1v) is 5.46. The molecule has 0 saturated heterocycles. The normalized spacial score (nSPS) is 10.6. The number of aromatic nitrogens is 3. The van der Waals surface area contributed by atoms with E-state index < -0.39 is 0 Å². The summed E-state index contributed by atoms with van der Waals surface area (Å²) in [5.41, 5.74) is 3.06. The largest absolute Gasteiger partial charge is 0.264 e. The highest BCUT2D eigenvalue weighted by Gasteiger charge is 2.01. The average molecular weight is 221 g/mol. The number of nitrogens with zero attached hydrogens (tertiary/aromatic N) is 3. The number of hydrogen-bond acceptors (Lipinski definition) is 3. The van der Waals surface area contributed by atoms with Crippen LogP contribution in [0.25, 0.3) is 22.0 Å². The molecule has 82 valence electrons. The minimum Gasteiger partial charge on any atom is -0.264 e. The maximum Gasteiger partial charge on any atom is 0.0709 e. The van der Waals surface area contributed by atoms with Crippen molar-refractivity contribution in [3.8, 4) is 11.3 Å². The number of hydrogen-bond donors (Lipinski definition) is 0. The second kappa shape index (κ2) is 3.94. The Morgan fingerprint density at radius 1 is 0.882 bits per heavy atom. The van der Waals surface area contributed by atoms with Crippen molar-refractivity contribution >= 4 is 10.8 Å². The maximum absolute atomic E-state index is 4.45. The molecule has 3 heteroatoms. The van der Waals surface area contributed by atoms with Gasteiger partial charge in [-0.3, -0.25) is 15.0 Å². The van der Waals surface area contributed by atoms with Gasteiger partial charge in [-0.2, -0.15) is 0 Å². The fraction of sp³-hybridized carbons (Fsp3) is 0.0714. The Labute approximate surface area is 99.2 Å². The fourth-order valence-corrected chi connectivity index (χ4v) is 1.84. The standard InChI is InChI=1S/C14H11N3/c1-10-6-12(3-5-16-10)14-7-11-2-4-15-8-13(11)9-17-14/h2-9H,1H3. The lowest BCUT2D eigenvalue weighted by molar-refractivity contribution is 1.19. The molecule has 0 aliphatic heterocycles. The Morgan fingerprint density at radius 2 is 1.82 bits per heavy atom. The zero-order valence-corrected chi connectivity index (χ0v) is 9.46. The van der Waals surface area contributed by atoms with E-state index in [0.29, 0.717) is 0 Å². The summed E-state index contributed by atoms with van der Waals surface area (Å²) in [5, 5.41) is 2.21. The van der Waals surface area contributed by atoms with Crippen molar-refractivity contribution in [1.29, 1.82) is 0 Å². The quantitative estimate of drug-likeness (QED) is 0.634. The van der Waals surface area contributed by atoms with Crippen molar-refractivity contribution in [2.45, 2.75) is 6.92 Å². The molecule has 0 aliphatic carbocycles. The summed E-state index contributed by atoms with van der Waals surface area (Å²) < 4.78 is 0. The topological polar surface area (TPSA) is 38.7 Å². The Morgan fingerprint density at radius 3 is 2.71 bits per heavy atom. The summed E-state index contributed by atoms with van der Waals surface area (Å²) in [4.78, 5) is 12.7. The van der Waals surface area contributed by atoms with Gasteiger partial charge in [0, 0.05) is 41.4 Å². The molecule has 17 heavy (non-hydrogen) atoms. The molecule has 0 N–H and O–H groups in total. The minimum absolute atomic E-state index is 0.967. The molecule has 0 amide bonds. The number of aryl methyl sites for hydroxylation is 1. The lowest BCUT2D eigenvalue weighted by Crippen LogP contribution is -1.87. The van der Waals surface area contributed by atoms with E-state index >= 15 is 0 Å². The Kier molecular flexibility index (Phi) is 2.29. The first-order chi connectivity index (χ1) is 8.33. The van der Waals surface area contributed by atoms with E-state index in [0.717, 1.165) is 27.7 Å². The highest BCUT2D eigenvalue weighted by atomic mass is 14.7. The second-order valence-corrected chi connectivity index (χ2v) is 3.98. The van der Waals surface area contributed by atoms with Gasteiger partial charge in [0.1, 0.15) is 0 Å². The summed E-state index contributed by atoms with van der Waals surface area (Å²) >= 11 is 0. The van der Waals surface area contributed by atoms with Crippen LogP contribution in [0.15, 0.2) is 49.1 Å². The molecule has 0 fully saturated rings. The Hall–Kier alpha value is -2.29. The molecule has 0 aliphatic rings. The Bertz CT molecular complexity index is 677. The van der Waals surface area contributed by atoms with Crippen LogP contribution in [0.1, 0.15) is 5.69 Å². The highest BCUT2D eigenvalue weighted by Crippen LogP contribution is 2.21. The summed E-state index contributed by atoms with van der Waals surface area (Å²) in [6, 6.07) is 8.08. The third-order valence-electron chi connectivity index (χ3n) is 2.71. The van der Waals surface area contributed by atoms with E-state index in [1.165, 1.54) is 0 Å². The molecule has 3 aromatic rings. The smallest absolute Gasteiger partial charge is 0.0709 e. The molecule has 0 bridgehead atoms. The van der Waals surface area contributed by atoms with Gasteiger partial charge >= 0.3 is 0 Å². The monoisotopic (exact) mass is 221 g/mol. The van der Waals surface area contributed by atoms with Gasteiger partial charge in [-0.15, -0.1) is 0 Å². The van der Waals surface area contributed by atoms with Crippen molar-refractivity contribution in [3.05, 3.63) is 54.7 Å². The minimum atomic E-state index is 0.967. The molecular formula is C14H11N3. The molecule has 3 nitrogen and oxygen atoms in total. The molecule has 0 aromatic carbocycles. The third kappa shape index (κ3) is 1.87. The summed E-state index contributed by atoms with van der Waals surface area (Å²) in [6.45, 7) is 1.98. The van der Waals surface area contributed by atoms with Gasteiger partial charge in [0.15, 0.2) is 0 Å². The first-order valence-electron chi connectivity index (χ1n) is 5.46. The summed E-state index contributed by atoms with van der Waals surface area (Å²) in [5.74, 6) is 0. The van der Waals surface area contributed by atoms with Crippen molar-refractivity contribution in [3.63, 3.8) is 0 Å². The van der Waals surface area contributed by atoms with Crippen LogP contribution in [0, 0.1) is 6.92 Å². The zero-order valence-electron chi connectivity index (χ0n) is 9.46. The predicted molar refractivity (Wildman–Crippen MR) is 67.5 cm³/mol. The van der Waals surface area contributed by atoms with Crippen LogP contribution in [0.5, 0.6) is 0 Å². The molecule has 0 saturated carbocycles. The number of pyridine rings is 3. The lowest BCUT2D eigenvalue weighted by Gasteiger charge is -2.03. The highest BCUT2D eigenvalue weighted by molar-refractivity contribution is 5.84. The van der Waals surface area contributed by atoms with E-state index in [4.69, 9.17) is 0 Å². The van der Waals surface area contributed by atoms with E-state index in [2.05, 4.69) is 21.0 Å². The van der Waals surface area contributed by atoms with E-state index in [1.54, 1.807) is 6.20 Å². The zero-order chi connectivity index (χ0) is 11.7. The van der Waals surface area contributed by atoms with Crippen LogP contribution in [0.3, 0.4) is 0 Å². The molecule has 0 atom stereocenters. The van der Waals surface area contributed by atoms with Gasteiger partial charge < -0.3 is 0 Å². The van der Waals surface area contributed by atoms with Crippen LogP contribution in [0.2, 0.25) is 0 Å². The molecule has 3 aromatic heterocycles. The average Bonchev–Trinajstić information content (AvgIpc) is 2.38. The van der Waals surface area contributed by atoms with Crippen molar-refractivity contribution < 1.29 is 0 Å². The molecular weight excluding hydrogens is 210 g/mol. The number of rotatable bonds is 1. The summed E-state index contributed by atoms with van der Waals surface area (Å²) in [7, 11) is 0. The van der Waals surface area contributed by atoms with E-state index in [9.17, 15) is 0 Å². The van der Waals surface area contributed by atoms with Crippen molar-refractivity contribution in [2.24, 2.45) is 0 Å². The van der Waals surface area contributed by atoms with Crippen molar-refractivity contribution in [1.82, 2.24) is 15.0 Å². The van der Waals surface area contributed by atoms with Crippen LogP contribution in [0.4, 0.5) is 0 Å². The molecule has 0 spiro atoms. The van der Waals surface area contributed by atoms with E-state index in [-0.39, 0.29) is 0 Å². The molecule has 0 unspecified atom stereocenters. The van der Waals surface area contributed by atoms with Crippen LogP contribution in [-0.4, -0.2) is 15.0 Å². The van der Waals surface area contributed by atoms with Crippen molar-refractivity contribution in [2.75, 3.05) is 0 Å². The van der Waals surface area contributed by atoms with Gasteiger partial charge in [-0.1, -0.05) is 0 Å². The van der Waals surface area contributed by atoms with Crippen LogP contribution in [-0.2, 0) is 0 Å². The van der Waals surface area contributed by atoms with Crippen LogP contribution < -0.4 is 0 Å². The maximum atomic E-state index is 4.45. The predicted octanol–water partition coefficient (Wildman–Crippen LogP) is 3.00. The fourth-order valence-electron chi connectivity index (χ4n) is 1.84. The second-order valence-electron chi connectivity index (χ2n) is 3.98. The number of fused-ring (bicyclic) bond motifs is 1. The molecule has 3 heterocycles.